The number of methoxy groups -OCH3 is 1. The molecule has 1 N–H and O–H groups in total. The Bertz CT molecular complexity index is 641. The molecular weight excluding hydrogens is 332 g/mol. The second-order valence-corrected chi connectivity index (χ2v) is 4.87. The predicted octanol–water partition coefficient (Wildman–Crippen LogP) is 3.99. The van der Waals surface area contributed by atoms with Crippen LogP contribution >= 0.6 is 15.9 Å². The highest BCUT2D eigenvalue weighted by molar-refractivity contribution is 9.10. The summed E-state index contributed by atoms with van der Waals surface area (Å²) in [6, 6.07) is 7.55. The lowest BCUT2D eigenvalue weighted by Gasteiger charge is -2.10. The number of halogens is 3. The Balaban J connectivity index is 2.27. The molecule has 0 aromatic heterocycles. The highest BCUT2D eigenvalue weighted by Gasteiger charge is 2.12. The summed E-state index contributed by atoms with van der Waals surface area (Å²) in [5.41, 5.74) is 0.447. The first-order valence-corrected chi connectivity index (χ1v) is 6.40. The van der Waals surface area contributed by atoms with E-state index in [1.54, 1.807) is 0 Å². The van der Waals surface area contributed by atoms with Crippen LogP contribution in [0.25, 0.3) is 0 Å². The van der Waals surface area contributed by atoms with Gasteiger partial charge in [-0.1, -0.05) is 15.9 Å². The molecule has 2 rings (SSSR count). The van der Waals surface area contributed by atoms with E-state index in [1.807, 2.05) is 0 Å². The van der Waals surface area contributed by atoms with E-state index in [0.717, 1.165) is 12.1 Å². The van der Waals surface area contributed by atoms with Crippen LogP contribution in [0.5, 0.6) is 5.75 Å². The Hall–Kier alpha value is -1.95. The van der Waals surface area contributed by atoms with Gasteiger partial charge in [0.25, 0.3) is 5.91 Å². The van der Waals surface area contributed by atoms with Gasteiger partial charge in [-0.05, 0) is 30.3 Å². The van der Waals surface area contributed by atoms with Crippen molar-refractivity contribution < 1.29 is 18.3 Å². The molecule has 0 radical (unpaired) electrons. The Kier molecular flexibility index (Phi) is 4.34. The number of hydrogen-bond acceptors (Lipinski definition) is 2. The van der Waals surface area contributed by atoms with E-state index in [9.17, 15) is 13.6 Å². The average molecular weight is 342 g/mol. The molecule has 2 aromatic rings. The molecule has 3 nitrogen and oxygen atoms in total. The molecule has 6 heteroatoms. The van der Waals surface area contributed by atoms with Crippen molar-refractivity contribution >= 4 is 27.5 Å². The van der Waals surface area contributed by atoms with Gasteiger partial charge >= 0.3 is 0 Å². The van der Waals surface area contributed by atoms with Crippen molar-refractivity contribution in [1.29, 1.82) is 0 Å². The van der Waals surface area contributed by atoms with Crippen molar-refractivity contribution in [2.45, 2.75) is 0 Å². The lowest BCUT2D eigenvalue weighted by Crippen LogP contribution is -2.13. The number of nitrogens with one attached hydrogen (secondary N) is 1. The third-order valence-corrected chi connectivity index (χ3v) is 2.99. The number of anilines is 1. The largest absolute Gasteiger partial charge is 0.494 e. The summed E-state index contributed by atoms with van der Waals surface area (Å²) in [5, 5.41) is 2.54. The second kappa shape index (κ2) is 6.00. The van der Waals surface area contributed by atoms with Crippen molar-refractivity contribution in [2.75, 3.05) is 12.4 Å². The summed E-state index contributed by atoms with van der Waals surface area (Å²) in [7, 11) is 1.36. The quantitative estimate of drug-likeness (QED) is 0.916. The fraction of sp³-hybridized carbons (Fsp3) is 0.0714. The van der Waals surface area contributed by atoms with E-state index in [1.165, 1.54) is 31.4 Å². The zero-order valence-corrected chi connectivity index (χ0v) is 12.0. The highest BCUT2D eigenvalue weighted by atomic mass is 79.9. The van der Waals surface area contributed by atoms with Gasteiger partial charge in [0.15, 0.2) is 0 Å². The van der Waals surface area contributed by atoms with E-state index in [0.29, 0.717) is 10.2 Å². The minimum Gasteiger partial charge on any atom is -0.494 e. The van der Waals surface area contributed by atoms with Gasteiger partial charge in [-0.2, -0.15) is 0 Å². The zero-order valence-electron chi connectivity index (χ0n) is 10.4. The molecule has 0 heterocycles. The minimum atomic E-state index is -0.532. The third kappa shape index (κ3) is 3.33. The summed E-state index contributed by atoms with van der Waals surface area (Å²) in [6.45, 7) is 0. The van der Waals surface area contributed by atoms with Gasteiger partial charge in [0, 0.05) is 16.1 Å². The van der Waals surface area contributed by atoms with Gasteiger partial charge in [-0.3, -0.25) is 4.79 Å². The zero-order chi connectivity index (χ0) is 14.7. The van der Waals surface area contributed by atoms with Crippen LogP contribution in [0.4, 0.5) is 14.5 Å². The van der Waals surface area contributed by atoms with Gasteiger partial charge < -0.3 is 10.1 Å². The maximum absolute atomic E-state index is 13.2. The summed E-state index contributed by atoms with van der Waals surface area (Å²) < 4.78 is 31.7. The molecule has 0 spiro atoms. The third-order valence-electron chi connectivity index (χ3n) is 2.54. The normalized spacial score (nSPS) is 10.2. The van der Waals surface area contributed by atoms with Gasteiger partial charge in [-0.25, -0.2) is 8.78 Å². The summed E-state index contributed by atoms with van der Waals surface area (Å²) >= 11 is 3.11. The predicted molar refractivity (Wildman–Crippen MR) is 75.0 cm³/mol. The fourth-order valence-electron chi connectivity index (χ4n) is 1.65. The van der Waals surface area contributed by atoms with E-state index >= 15 is 0 Å². The topological polar surface area (TPSA) is 38.3 Å². The van der Waals surface area contributed by atoms with Gasteiger partial charge in [0.2, 0.25) is 0 Å². The number of carbonyl (C=O) groups excluding carboxylic acids is 1. The maximum atomic E-state index is 13.2. The lowest BCUT2D eigenvalue weighted by atomic mass is 10.2. The number of benzene rings is 2. The van der Waals surface area contributed by atoms with E-state index in [-0.39, 0.29) is 11.3 Å². The first-order chi connectivity index (χ1) is 9.49. The van der Waals surface area contributed by atoms with Crippen molar-refractivity contribution in [3.63, 3.8) is 0 Å². The maximum Gasteiger partial charge on any atom is 0.255 e. The van der Waals surface area contributed by atoms with Crippen LogP contribution in [0, 0.1) is 11.6 Å². The summed E-state index contributed by atoms with van der Waals surface area (Å²) in [6.07, 6.45) is 0. The van der Waals surface area contributed by atoms with Crippen molar-refractivity contribution in [2.24, 2.45) is 0 Å². The standard InChI is InChI=1S/C14H10BrF2NO2/c1-20-13-7-10(16)2-3-12(13)18-14(19)8-4-9(15)6-11(17)5-8/h2-7H,1H3,(H,18,19). The van der Waals surface area contributed by atoms with Crippen LogP contribution in [0.1, 0.15) is 10.4 Å². The minimum absolute atomic E-state index is 0.142. The Morgan fingerprint density at radius 2 is 1.90 bits per heavy atom. The van der Waals surface area contributed by atoms with Gasteiger partial charge in [-0.15, -0.1) is 0 Å². The number of amides is 1. The molecule has 0 bridgehead atoms. The van der Waals surface area contributed by atoms with Gasteiger partial charge in [0.1, 0.15) is 17.4 Å². The number of rotatable bonds is 3. The molecule has 0 saturated carbocycles. The molecule has 0 aliphatic rings. The summed E-state index contributed by atoms with van der Waals surface area (Å²) in [4.78, 5) is 12.0. The fourth-order valence-corrected chi connectivity index (χ4v) is 2.11. The molecule has 2 aromatic carbocycles. The van der Waals surface area contributed by atoms with Crippen LogP contribution in [-0.4, -0.2) is 13.0 Å². The van der Waals surface area contributed by atoms with Crippen molar-refractivity contribution in [1.82, 2.24) is 0 Å². The van der Waals surface area contributed by atoms with Crippen molar-refractivity contribution in [3.8, 4) is 5.75 Å². The molecule has 0 aliphatic carbocycles. The molecule has 20 heavy (non-hydrogen) atoms. The second-order valence-electron chi connectivity index (χ2n) is 3.96. The lowest BCUT2D eigenvalue weighted by molar-refractivity contribution is 0.102. The molecular formula is C14H10BrF2NO2. The Morgan fingerprint density at radius 3 is 2.55 bits per heavy atom. The van der Waals surface area contributed by atoms with Crippen LogP contribution in [0.15, 0.2) is 40.9 Å². The SMILES string of the molecule is COc1cc(F)ccc1NC(=O)c1cc(F)cc(Br)c1. The van der Waals surface area contributed by atoms with E-state index in [2.05, 4.69) is 21.2 Å². The number of carbonyl (C=O) groups is 1. The van der Waals surface area contributed by atoms with Gasteiger partial charge in [0.05, 0.1) is 12.8 Å². The first kappa shape index (κ1) is 14.5. The van der Waals surface area contributed by atoms with Crippen LogP contribution < -0.4 is 10.1 Å². The van der Waals surface area contributed by atoms with Crippen molar-refractivity contribution in [3.05, 3.63) is 58.1 Å². The molecule has 104 valence electrons. The molecule has 0 fully saturated rings. The summed E-state index contributed by atoms with van der Waals surface area (Å²) in [5.74, 6) is -1.34. The smallest absolute Gasteiger partial charge is 0.255 e. The average Bonchev–Trinajstić information content (AvgIpc) is 2.39. The number of hydrogen-bond donors (Lipinski definition) is 1. The molecule has 0 saturated heterocycles. The van der Waals surface area contributed by atoms with Crippen LogP contribution in [0.3, 0.4) is 0 Å². The Labute approximate surface area is 122 Å². The van der Waals surface area contributed by atoms with E-state index in [4.69, 9.17) is 4.74 Å². The molecule has 0 atom stereocenters. The molecule has 0 aliphatic heterocycles. The number of ether oxygens (including phenoxy) is 1. The van der Waals surface area contributed by atoms with Crippen LogP contribution in [-0.2, 0) is 0 Å². The monoisotopic (exact) mass is 341 g/mol. The van der Waals surface area contributed by atoms with E-state index < -0.39 is 17.5 Å². The Morgan fingerprint density at radius 1 is 1.15 bits per heavy atom. The van der Waals surface area contributed by atoms with Crippen LogP contribution in [0.2, 0.25) is 0 Å². The molecule has 0 unspecified atom stereocenters. The molecule has 1 amide bonds. The first-order valence-electron chi connectivity index (χ1n) is 5.60. The highest BCUT2D eigenvalue weighted by Crippen LogP contribution is 2.26.